The number of hydrogen-bond donors (Lipinski definition) is 2. The average molecular weight is 280 g/mol. The largest absolute Gasteiger partial charge is 0.392 e. The monoisotopic (exact) mass is 280 g/mol. The van der Waals surface area contributed by atoms with E-state index in [0.717, 1.165) is 19.5 Å². The molecule has 0 radical (unpaired) electrons. The highest BCUT2D eigenvalue weighted by Crippen LogP contribution is 2.16. The number of aliphatic hydroxyl groups excluding tert-OH is 1. The Bertz CT molecular complexity index is 421. The molecule has 1 unspecified atom stereocenters. The lowest BCUT2D eigenvalue weighted by Crippen LogP contribution is -2.50. The van der Waals surface area contributed by atoms with E-state index in [-0.39, 0.29) is 17.9 Å². The Labute approximate surface area is 119 Å². The van der Waals surface area contributed by atoms with Crippen LogP contribution in [0.15, 0.2) is 18.5 Å². The molecule has 112 valence electrons. The van der Waals surface area contributed by atoms with Gasteiger partial charge in [-0.25, -0.2) is 0 Å². The smallest absolute Gasteiger partial charge is 0.227 e. The molecule has 0 saturated carbocycles. The molecular weight excluding hydrogens is 256 g/mol. The van der Waals surface area contributed by atoms with Crippen molar-refractivity contribution in [2.75, 3.05) is 20.1 Å². The van der Waals surface area contributed by atoms with Gasteiger partial charge in [-0.3, -0.25) is 9.48 Å². The minimum absolute atomic E-state index is 0.0444. The Morgan fingerprint density at radius 3 is 3.10 bits per heavy atom. The Balaban J connectivity index is 1.77. The number of rotatable bonds is 5. The van der Waals surface area contributed by atoms with E-state index >= 15 is 0 Å². The van der Waals surface area contributed by atoms with Crippen molar-refractivity contribution >= 4 is 5.91 Å². The van der Waals surface area contributed by atoms with Gasteiger partial charge in [0, 0.05) is 38.1 Å². The van der Waals surface area contributed by atoms with Crippen LogP contribution in [0.25, 0.3) is 0 Å². The van der Waals surface area contributed by atoms with E-state index in [4.69, 9.17) is 0 Å². The lowest BCUT2D eigenvalue weighted by atomic mass is 9.94. The van der Waals surface area contributed by atoms with Crippen LogP contribution in [-0.4, -0.2) is 58.0 Å². The minimum Gasteiger partial charge on any atom is -0.392 e. The first-order valence-electron chi connectivity index (χ1n) is 7.20. The number of carbonyl (C=O) groups is 1. The zero-order chi connectivity index (χ0) is 14.5. The first-order chi connectivity index (χ1) is 9.56. The topological polar surface area (TPSA) is 70.4 Å². The molecule has 0 aromatic carbocycles. The number of aliphatic hydroxyl groups is 1. The predicted octanol–water partition coefficient (Wildman–Crippen LogP) is 0.0905. The summed E-state index contributed by atoms with van der Waals surface area (Å²) in [5, 5.41) is 17.1. The number of piperidine rings is 1. The van der Waals surface area contributed by atoms with Gasteiger partial charge in [0.25, 0.3) is 0 Å². The standard InChI is InChI=1S/C14H24N4O2/c1-11(4-9-18-7-3-6-15-18)16-14(20)12-10-17(2)8-5-13(12)19/h3,6-7,11-13,19H,4-5,8-10H2,1-2H3,(H,16,20)/t11?,12-,13-/m1/s1. The molecule has 2 rings (SSSR count). The zero-order valence-electron chi connectivity index (χ0n) is 12.2. The van der Waals surface area contributed by atoms with E-state index in [1.165, 1.54) is 0 Å². The third-order valence-corrected chi connectivity index (χ3v) is 3.86. The molecule has 1 aromatic rings. The number of aryl methyl sites for hydroxylation is 1. The van der Waals surface area contributed by atoms with Crippen LogP contribution in [0.1, 0.15) is 19.8 Å². The summed E-state index contributed by atoms with van der Waals surface area (Å²) in [6.45, 7) is 4.24. The van der Waals surface area contributed by atoms with E-state index < -0.39 is 6.10 Å². The molecule has 6 heteroatoms. The zero-order valence-corrected chi connectivity index (χ0v) is 12.2. The van der Waals surface area contributed by atoms with E-state index in [2.05, 4.69) is 15.3 Å². The molecule has 1 amide bonds. The van der Waals surface area contributed by atoms with Crippen LogP contribution in [0.5, 0.6) is 0 Å². The summed E-state index contributed by atoms with van der Waals surface area (Å²) in [5.41, 5.74) is 0. The number of carbonyl (C=O) groups excluding carboxylic acids is 1. The fourth-order valence-electron chi connectivity index (χ4n) is 2.54. The van der Waals surface area contributed by atoms with Crippen LogP contribution in [0, 0.1) is 5.92 Å². The van der Waals surface area contributed by atoms with Gasteiger partial charge in [0.1, 0.15) is 0 Å². The molecule has 1 saturated heterocycles. The van der Waals surface area contributed by atoms with Crippen molar-refractivity contribution in [1.29, 1.82) is 0 Å². The minimum atomic E-state index is -0.524. The van der Waals surface area contributed by atoms with Crippen LogP contribution < -0.4 is 5.32 Å². The van der Waals surface area contributed by atoms with Crippen molar-refractivity contribution < 1.29 is 9.90 Å². The van der Waals surface area contributed by atoms with Gasteiger partial charge in [0.05, 0.1) is 12.0 Å². The molecule has 1 aromatic heterocycles. The molecular formula is C14H24N4O2. The maximum Gasteiger partial charge on any atom is 0.227 e. The van der Waals surface area contributed by atoms with Crippen LogP contribution in [0.2, 0.25) is 0 Å². The predicted molar refractivity (Wildman–Crippen MR) is 76.1 cm³/mol. The second kappa shape index (κ2) is 6.85. The molecule has 20 heavy (non-hydrogen) atoms. The van der Waals surface area contributed by atoms with E-state index in [1.54, 1.807) is 6.20 Å². The van der Waals surface area contributed by atoms with Crippen molar-refractivity contribution in [3.8, 4) is 0 Å². The molecule has 1 aliphatic rings. The normalized spacial score (nSPS) is 25.4. The van der Waals surface area contributed by atoms with Gasteiger partial charge in [0.2, 0.25) is 5.91 Å². The molecule has 2 N–H and O–H groups in total. The second-order valence-corrected chi connectivity index (χ2v) is 5.69. The van der Waals surface area contributed by atoms with Crippen molar-refractivity contribution in [1.82, 2.24) is 20.0 Å². The van der Waals surface area contributed by atoms with E-state index in [9.17, 15) is 9.90 Å². The van der Waals surface area contributed by atoms with Crippen molar-refractivity contribution in [2.24, 2.45) is 5.92 Å². The molecule has 0 aliphatic carbocycles. The molecule has 6 nitrogen and oxygen atoms in total. The molecule has 0 bridgehead atoms. The number of aromatic nitrogens is 2. The molecule has 2 heterocycles. The van der Waals surface area contributed by atoms with Crippen molar-refractivity contribution in [3.05, 3.63) is 18.5 Å². The quantitative estimate of drug-likeness (QED) is 0.802. The lowest BCUT2D eigenvalue weighted by molar-refractivity contribution is -0.131. The third kappa shape index (κ3) is 4.05. The first kappa shape index (κ1) is 15.0. The van der Waals surface area contributed by atoms with Gasteiger partial charge in [-0.05, 0) is 32.9 Å². The van der Waals surface area contributed by atoms with E-state index in [1.807, 2.05) is 30.9 Å². The second-order valence-electron chi connectivity index (χ2n) is 5.69. The molecule has 1 aliphatic heterocycles. The highest BCUT2D eigenvalue weighted by molar-refractivity contribution is 5.79. The molecule has 1 fully saturated rings. The first-order valence-corrected chi connectivity index (χ1v) is 7.20. The summed E-state index contributed by atoms with van der Waals surface area (Å²) in [4.78, 5) is 14.3. The van der Waals surface area contributed by atoms with Gasteiger partial charge in [-0.1, -0.05) is 0 Å². The van der Waals surface area contributed by atoms with Crippen LogP contribution in [0.4, 0.5) is 0 Å². The fourth-order valence-corrected chi connectivity index (χ4v) is 2.54. The van der Waals surface area contributed by atoms with Gasteiger partial charge in [-0.2, -0.15) is 5.10 Å². The number of hydrogen-bond acceptors (Lipinski definition) is 4. The van der Waals surface area contributed by atoms with Crippen molar-refractivity contribution in [2.45, 2.75) is 38.5 Å². The average Bonchev–Trinajstić information content (AvgIpc) is 2.92. The SMILES string of the molecule is CC(CCn1cccn1)NC(=O)[C@@H]1CN(C)CC[C@H]1O. The summed E-state index contributed by atoms with van der Waals surface area (Å²) >= 11 is 0. The van der Waals surface area contributed by atoms with E-state index in [0.29, 0.717) is 13.0 Å². The Kier molecular flexibility index (Phi) is 5.14. The van der Waals surface area contributed by atoms with Crippen molar-refractivity contribution in [3.63, 3.8) is 0 Å². The lowest BCUT2D eigenvalue weighted by Gasteiger charge is -2.33. The summed E-state index contributed by atoms with van der Waals surface area (Å²) in [6, 6.07) is 1.96. The van der Waals surface area contributed by atoms with Crippen LogP contribution >= 0.6 is 0 Å². The number of amides is 1. The summed E-state index contributed by atoms with van der Waals surface area (Å²) in [6.07, 6.45) is 4.62. The maximum absolute atomic E-state index is 12.2. The van der Waals surface area contributed by atoms with Gasteiger partial charge in [0.15, 0.2) is 0 Å². The van der Waals surface area contributed by atoms with Gasteiger partial charge < -0.3 is 15.3 Å². The fraction of sp³-hybridized carbons (Fsp3) is 0.714. The van der Waals surface area contributed by atoms with Crippen LogP contribution in [0.3, 0.4) is 0 Å². The summed E-state index contributed by atoms with van der Waals surface area (Å²) in [7, 11) is 1.98. The Morgan fingerprint density at radius 1 is 1.60 bits per heavy atom. The number of nitrogens with zero attached hydrogens (tertiary/aromatic N) is 3. The number of likely N-dealkylation sites (tertiary alicyclic amines) is 1. The van der Waals surface area contributed by atoms with Crippen LogP contribution in [-0.2, 0) is 11.3 Å². The Morgan fingerprint density at radius 2 is 2.40 bits per heavy atom. The third-order valence-electron chi connectivity index (χ3n) is 3.86. The maximum atomic E-state index is 12.2. The van der Waals surface area contributed by atoms with Gasteiger partial charge in [-0.15, -0.1) is 0 Å². The highest BCUT2D eigenvalue weighted by Gasteiger charge is 2.32. The Hall–Kier alpha value is -1.40. The number of nitrogens with one attached hydrogen (secondary N) is 1. The molecule has 0 spiro atoms. The van der Waals surface area contributed by atoms with Gasteiger partial charge >= 0.3 is 0 Å². The molecule has 3 atom stereocenters. The highest BCUT2D eigenvalue weighted by atomic mass is 16.3. The summed E-state index contributed by atoms with van der Waals surface area (Å²) < 4.78 is 1.85. The summed E-state index contributed by atoms with van der Waals surface area (Å²) in [5.74, 6) is -0.363.